The smallest absolute Gasteiger partial charge is 0.230 e. The van der Waals surface area contributed by atoms with E-state index in [4.69, 9.17) is 4.98 Å². The molecule has 148 valence electrons. The van der Waals surface area contributed by atoms with Crippen molar-refractivity contribution in [3.8, 4) is 10.6 Å². The fraction of sp³-hybridized carbons (Fsp3) is 0.364. The summed E-state index contributed by atoms with van der Waals surface area (Å²) in [5, 5.41) is 4.09. The third-order valence-electron chi connectivity index (χ3n) is 5.94. The van der Waals surface area contributed by atoms with Crippen molar-refractivity contribution in [3.63, 3.8) is 0 Å². The van der Waals surface area contributed by atoms with Crippen molar-refractivity contribution in [1.29, 1.82) is 0 Å². The fourth-order valence-electron chi connectivity index (χ4n) is 3.72. The largest absolute Gasteiger partial charge is 0.353 e. The van der Waals surface area contributed by atoms with E-state index in [1.807, 2.05) is 43.7 Å². The number of hydrogen-bond donors (Lipinski definition) is 1. The third-order valence-corrected chi connectivity index (χ3v) is 6.95. The molecule has 1 aliphatic carbocycles. The molecule has 1 fully saturated rings. The Bertz CT molecular complexity index is 1230. The Morgan fingerprint density at radius 1 is 1.28 bits per heavy atom. The van der Waals surface area contributed by atoms with Crippen molar-refractivity contribution in [2.24, 2.45) is 7.05 Å². The van der Waals surface area contributed by atoms with E-state index in [2.05, 4.69) is 21.4 Å². The maximum absolute atomic E-state index is 12.9. The Balaban J connectivity index is 1.53. The monoisotopic (exact) mass is 405 g/mol. The molecule has 0 atom stereocenters. The molecule has 1 amide bonds. The SMILES string of the molecule is Cn1cnc2cnc3sc(-c4cccc(C(C)(C)C(=O)NC5CCC5)c4)nc3c21. The Morgan fingerprint density at radius 2 is 2.10 bits per heavy atom. The molecule has 0 saturated heterocycles. The first-order valence-electron chi connectivity index (χ1n) is 9.92. The molecule has 0 radical (unpaired) electrons. The summed E-state index contributed by atoms with van der Waals surface area (Å²) in [6, 6.07) is 8.48. The average Bonchev–Trinajstić information content (AvgIpc) is 3.28. The van der Waals surface area contributed by atoms with Crippen LogP contribution in [0.4, 0.5) is 0 Å². The number of thiazole rings is 1. The van der Waals surface area contributed by atoms with Crippen LogP contribution in [0.15, 0.2) is 36.8 Å². The topological polar surface area (TPSA) is 72.7 Å². The second-order valence-electron chi connectivity index (χ2n) is 8.33. The molecule has 0 bridgehead atoms. The van der Waals surface area contributed by atoms with E-state index >= 15 is 0 Å². The van der Waals surface area contributed by atoms with Crippen LogP contribution in [0.25, 0.3) is 32.0 Å². The van der Waals surface area contributed by atoms with Crippen LogP contribution in [-0.2, 0) is 17.3 Å². The van der Waals surface area contributed by atoms with E-state index < -0.39 is 5.41 Å². The summed E-state index contributed by atoms with van der Waals surface area (Å²) in [7, 11) is 1.97. The van der Waals surface area contributed by atoms with Crippen molar-refractivity contribution in [2.75, 3.05) is 0 Å². The van der Waals surface area contributed by atoms with Gasteiger partial charge in [0.05, 0.1) is 23.5 Å². The fourth-order valence-corrected chi connectivity index (χ4v) is 4.63. The first-order valence-corrected chi connectivity index (χ1v) is 10.7. The number of carbonyl (C=O) groups is 1. The minimum Gasteiger partial charge on any atom is -0.353 e. The molecule has 5 rings (SSSR count). The number of pyridine rings is 1. The standard InChI is InChI=1S/C22H23N5OS/c1-22(2,21(28)25-15-8-5-9-15)14-7-4-6-13(10-14)19-26-17-18-16(24-12-27(18)3)11-23-20(17)29-19/h4,6-7,10-12,15H,5,8-9H2,1-3H3,(H,25,28). The molecular weight excluding hydrogens is 382 g/mol. The van der Waals surface area contributed by atoms with Crippen molar-refractivity contribution in [1.82, 2.24) is 24.8 Å². The van der Waals surface area contributed by atoms with Gasteiger partial charge in [0.1, 0.15) is 20.9 Å². The van der Waals surface area contributed by atoms with Gasteiger partial charge in [-0.15, -0.1) is 0 Å². The highest BCUT2D eigenvalue weighted by Gasteiger charge is 2.33. The summed E-state index contributed by atoms with van der Waals surface area (Å²) in [5.41, 5.74) is 4.11. The predicted molar refractivity (Wildman–Crippen MR) is 116 cm³/mol. The molecule has 29 heavy (non-hydrogen) atoms. The third kappa shape index (κ3) is 3.00. The lowest BCUT2D eigenvalue weighted by atomic mass is 9.82. The number of hydrogen-bond acceptors (Lipinski definition) is 5. The van der Waals surface area contributed by atoms with E-state index in [-0.39, 0.29) is 5.91 Å². The lowest BCUT2D eigenvalue weighted by Gasteiger charge is -2.32. The molecule has 0 spiro atoms. The Labute approximate surface area is 173 Å². The molecule has 1 aromatic carbocycles. The number of carbonyl (C=O) groups excluding carboxylic acids is 1. The van der Waals surface area contributed by atoms with Crippen LogP contribution in [0.3, 0.4) is 0 Å². The minimum absolute atomic E-state index is 0.0851. The molecular formula is C22H23N5OS. The van der Waals surface area contributed by atoms with Gasteiger partial charge >= 0.3 is 0 Å². The summed E-state index contributed by atoms with van der Waals surface area (Å²) in [6.07, 6.45) is 6.96. The van der Waals surface area contributed by atoms with Crippen LogP contribution in [-0.4, -0.2) is 31.5 Å². The van der Waals surface area contributed by atoms with E-state index in [0.717, 1.165) is 50.4 Å². The van der Waals surface area contributed by atoms with E-state index in [9.17, 15) is 4.79 Å². The molecule has 1 aliphatic rings. The number of amides is 1. The molecule has 1 saturated carbocycles. The van der Waals surface area contributed by atoms with Crippen molar-refractivity contribution in [3.05, 3.63) is 42.4 Å². The van der Waals surface area contributed by atoms with Crippen molar-refractivity contribution >= 4 is 38.6 Å². The highest BCUT2D eigenvalue weighted by Crippen LogP contribution is 2.34. The molecule has 3 aromatic heterocycles. The van der Waals surface area contributed by atoms with Gasteiger partial charge in [0.25, 0.3) is 0 Å². The maximum Gasteiger partial charge on any atom is 0.230 e. The summed E-state index contributed by atoms with van der Waals surface area (Å²) in [5.74, 6) is 0.0851. The van der Waals surface area contributed by atoms with Crippen LogP contribution >= 0.6 is 11.3 Å². The summed E-state index contributed by atoms with van der Waals surface area (Å²) in [4.78, 5) is 27.5. The second-order valence-corrected chi connectivity index (χ2v) is 9.30. The number of aromatic nitrogens is 4. The number of fused-ring (bicyclic) bond motifs is 3. The van der Waals surface area contributed by atoms with Crippen molar-refractivity contribution in [2.45, 2.75) is 44.6 Å². The number of benzene rings is 1. The van der Waals surface area contributed by atoms with Gasteiger partial charge in [-0.1, -0.05) is 29.5 Å². The van der Waals surface area contributed by atoms with Gasteiger partial charge in [-0.05, 0) is 44.7 Å². The lowest BCUT2D eigenvalue weighted by Crippen LogP contribution is -2.47. The van der Waals surface area contributed by atoms with Crippen molar-refractivity contribution < 1.29 is 4.79 Å². The first kappa shape index (κ1) is 18.2. The molecule has 6 nitrogen and oxygen atoms in total. The maximum atomic E-state index is 12.9. The molecule has 0 aliphatic heterocycles. The highest BCUT2D eigenvalue weighted by molar-refractivity contribution is 7.21. The van der Waals surface area contributed by atoms with Gasteiger partial charge < -0.3 is 9.88 Å². The van der Waals surface area contributed by atoms with Gasteiger partial charge in [0.15, 0.2) is 0 Å². The van der Waals surface area contributed by atoms with Crippen LogP contribution < -0.4 is 5.32 Å². The molecule has 3 heterocycles. The van der Waals surface area contributed by atoms with Crippen LogP contribution in [0, 0.1) is 0 Å². The lowest BCUT2D eigenvalue weighted by molar-refractivity contribution is -0.126. The quantitative estimate of drug-likeness (QED) is 0.552. The number of imidazole rings is 1. The first-order chi connectivity index (χ1) is 13.9. The van der Waals surface area contributed by atoms with Gasteiger partial charge in [-0.25, -0.2) is 15.0 Å². The average molecular weight is 406 g/mol. The number of aryl methyl sites for hydroxylation is 1. The van der Waals surface area contributed by atoms with Crippen LogP contribution in [0.2, 0.25) is 0 Å². The Kier molecular flexibility index (Phi) is 4.17. The normalized spacial score (nSPS) is 15.0. The minimum atomic E-state index is -0.601. The molecule has 4 aromatic rings. The van der Waals surface area contributed by atoms with E-state index in [1.165, 1.54) is 6.42 Å². The summed E-state index contributed by atoms with van der Waals surface area (Å²) in [6.45, 7) is 3.97. The van der Waals surface area contributed by atoms with Gasteiger partial charge in [0.2, 0.25) is 5.91 Å². The van der Waals surface area contributed by atoms with E-state index in [1.54, 1.807) is 23.9 Å². The number of nitrogens with zero attached hydrogens (tertiary/aromatic N) is 4. The molecule has 1 N–H and O–H groups in total. The molecule has 7 heteroatoms. The van der Waals surface area contributed by atoms with Gasteiger partial charge in [-0.3, -0.25) is 4.79 Å². The zero-order valence-corrected chi connectivity index (χ0v) is 17.6. The zero-order valence-electron chi connectivity index (χ0n) is 16.8. The second kappa shape index (κ2) is 6.62. The van der Waals surface area contributed by atoms with Gasteiger partial charge in [-0.2, -0.15) is 0 Å². The van der Waals surface area contributed by atoms with E-state index in [0.29, 0.717) is 6.04 Å². The summed E-state index contributed by atoms with van der Waals surface area (Å²) < 4.78 is 1.98. The van der Waals surface area contributed by atoms with Crippen LogP contribution in [0.1, 0.15) is 38.7 Å². The number of nitrogens with one attached hydrogen (secondary N) is 1. The zero-order chi connectivity index (χ0) is 20.2. The summed E-state index contributed by atoms with van der Waals surface area (Å²) >= 11 is 1.56. The van der Waals surface area contributed by atoms with Gasteiger partial charge in [0, 0.05) is 18.7 Å². The molecule has 0 unspecified atom stereocenters. The van der Waals surface area contributed by atoms with Crippen LogP contribution in [0.5, 0.6) is 0 Å². The highest BCUT2D eigenvalue weighted by atomic mass is 32.1. The number of rotatable bonds is 4. The Morgan fingerprint density at radius 3 is 2.86 bits per heavy atom. The predicted octanol–water partition coefficient (Wildman–Crippen LogP) is 4.19. The Hall–Kier alpha value is -2.80.